The van der Waals surface area contributed by atoms with Crippen molar-refractivity contribution in [1.82, 2.24) is 0 Å². The SMILES string of the molecule is Cc1ccc(OCCCC(=O)Nc2ccc(Br)cc2Cl)c(C)c1. The predicted molar refractivity (Wildman–Crippen MR) is 98.4 cm³/mol. The molecule has 0 saturated heterocycles. The molecule has 0 aliphatic heterocycles. The lowest BCUT2D eigenvalue weighted by molar-refractivity contribution is -0.116. The molecule has 0 radical (unpaired) electrons. The quantitative estimate of drug-likeness (QED) is 0.653. The number of ether oxygens (including phenoxy) is 1. The maximum atomic E-state index is 11.9. The number of aryl methyl sites for hydroxylation is 2. The average Bonchev–Trinajstić information content (AvgIpc) is 2.48. The van der Waals surface area contributed by atoms with Gasteiger partial charge in [0, 0.05) is 10.9 Å². The molecule has 0 aliphatic carbocycles. The number of anilines is 1. The van der Waals surface area contributed by atoms with Crippen molar-refractivity contribution < 1.29 is 9.53 Å². The Morgan fingerprint density at radius 2 is 2.00 bits per heavy atom. The third kappa shape index (κ3) is 5.56. The summed E-state index contributed by atoms with van der Waals surface area (Å²) in [5.41, 5.74) is 2.94. The van der Waals surface area contributed by atoms with E-state index in [-0.39, 0.29) is 5.91 Å². The first kappa shape index (κ1) is 17.8. The highest BCUT2D eigenvalue weighted by Gasteiger charge is 2.07. The van der Waals surface area contributed by atoms with Gasteiger partial charge >= 0.3 is 0 Å². The molecule has 23 heavy (non-hydrogen) atoms. The Hall–Kier alpha value is -1.52. The molecule has 2 aromatic carbocycles. The van der Waals surface area contributed by atoms with Gasteiger partial charge in [-0.3, -0.25) is 4.79 Å². The predicted octanol–water partition coefficient (Wildman–Crippen LogP) is 5.52. The molecule has 2 rings (SSSR count). The summed E-state index contributed by atoms with van der Waals surface area (Å²) in [6.07, 6.45) is 1.03. The Morgan fingerprint density at radius 3 is 2.70 bits per heavy atom. The summed E-state index contributed by atoms with van der Waals surface area (Å²) in [4.78, 5) is 11.9. The number of halogens is 2. The van der Waals surface area contributed by atoms with Gasteiger partial charge in [0.05, 0.1) is 17.3 Å². The van der Waals surface area contributed by atoms with Crippen LogP contribution in [0.4, 0.5) is 5.69 Å². The maximum absolute atomic E-state index is 11.9. The van der Waals surface area contributed by atoms with E-state index in [2.05, 4.69) is 27.3 Å². The Kier molecular flexibility index (Phi) is 6.48. The lowest BCUT2D eigenvalue weighted by Crippen LogP contribution is -2.13. The van der Waals surface area contributed by atoms with Crippen LogP contribution < -0.4 is 10.1 Å². The molecule has 1 N–H and O–H groups in total. The van der Waals surface area contributed by atoms with Crippen molar-refractivity contribution in [2.24, 2.45) is 0 Å². The zero-order valence-corrected chi connectivity index (χ0v) is 15.5. The highest BCUT2D eigenvalue weighted by Crippen LogP contribution is 2.25. The summed E-state index contributed by atoms with van der Waals surface area (Å²) in [7, 11) is 0. The Bertz CT molecular complexity index is 703. The van der Waals surface area contributed by atoms with Crippen LogP contribution in [0.25, 0.3) is 0 Å². The summed E-state index contributed by atoms with van der Waals surface area (Å²) in [5.74, 6) is 0.797. The van der Waals surface area contributed by atoms with Crippen LogP contribution in [0.1, 0.15) is 24.0 Å². The largest absolute Gasteiger partial charge is 0.493 e. The molecule has 5 heteroatoms. The van der Waals surface area contributed by atoms with E-state index >= 15 is 0 Å². The van der Waals surface area contributed by atoms with Crippen molar-refractivity contribution >= 4 is 39.1 Å². The van der Waals surface area contributed by atoms with Gasteiger partial charge in [-0.05, 0) is 50.1 Å². The Labute approximate surface area is 150 Å². The van der Waals surface area contributed by atoms with Crippen molar-refractivity contribution in [3.63, 3.8) is 0 Å². The molecule has 122 valence electrons. The first-order chi connectivity index (χ1) is 11.0. The number of amides is 1. The number of hydrogen-bond donors (Lipinski definition) is 1. The molecular weight excluding hydrogens is 378 g/mol. The molecule has 0 atom stereocenters. The van der Waals surface area contributed by atoms with E-state index in [4.69, 9.17) is 16.3 Å². The normalized spacial score (nSPS) is 10.4. The molecule has 1 amide bonds. The summed E-state index contributed by atoms with van der Waals surface area (Å²) in [5, 5.41) is 3.32. The fourth-order valence-corrected chi connectivity index (χ4v) is 2.90. The third-order valence-corrected chi connectivity index (χ3v) is 4.15. The number of hydrogen-bond acceptors (Lipinski definition) is 2. The summed E-state index contributed by atoms with van der Waals surface area (Å²) in [6.45, 7) is 4.57. The van der Waals surface area contributed by atoms with E-state index in [0.29, 0.717) is 30.2 Å². The highest BCUT2D eigenvalue weighted by molar-refractivity contribution is 9.10. The molecule has 0 saturated carbocycles. The van der Waals surface area contributed by atoms with E-state index < -0.39 is 0 Å². The lowest BCUT2D eigenvalue weighted by atomic mass is 10.1. The van der Waals surface area contributed by atoms with Crippen LogP contribution in [-0.4, -0.2) is 12.5 Å². The van der Waals surface area contributed by atoms with Gasteiger partial charge < -0.3 is 10.1 Å². The number of nitrogens with one attached hydrogen (secondary N) is 1. The zero-order valence-electron chi connectivity index (χ0n) is 13.2. The minimum Gasteiger partial charge on any atom is -0.493 e. The molecule has 2 aromatic rings. The molecule has 0 unspecified atom stereocenters. The first-order valence-corrected chi connectivity index (χ1v) is 8.58. The second-order valence-electron chi connectivity index (χ2n) is 5.39. The van der Waals surface area contributed by atoms with Gasteiger partial charge in [-0.15, -0.1) is 0 Å². The number of rotatable bonds is 6. The van der Waals surface area contributed by atoms with Gasteiger partial charge in [-0.2, -0.15) is 0 Å². The van der Waals surface area contributed by atoms with Crippen LogP contribution in [0.3, 0.4) is 0 Å². The molecule has 0 aliphatic rings. The molecule has 0 heterocycles. The van der Waals surface area contributed by atoms with Gasteiger partial charge in [0.1, 0.15) is 5.75 Å². The molecule has 0 fully saturated rings. The molecule has 3 nitrogen and oxygen atoms in total. The Morgan fingerprint density at radius 1 is 1.22 bits per heavy atom. The highest BCUT2D eigenvalue weighted by atomic mass is 79.9. The van der Waals surface area contributed by atoms with Crippen molar-refractivity contribution in [1.29, 1.82) is 0 Å². The van der Waals surface area contributed by atoms with Crippen molar-refractivity contribution in [3.8, 4) is 5.75 Å². The summed E-state index contributed by atoms with van der Waals surface area (Å²) in [6, 6.07) is 11.4. The number of benzene rings is 2. The minimum absolute atomic E-state index is 0.0709. The third-order valence-electron chi connectivity index (χ3n) is 3.34. The van der Waals surface area contributed by atoms with Crippen LogP contribution in [0.5, 0.6) is 5.75 Å². The smallest absolute Gasteiger partial charge is 0.224 e. The van der Waals surface area contributed by atoms with Crippen LogP contribution >= 0.6 is 27.5 Å². The van der Waals surface area contributed by atoms with Gasteiger partial charge in [-0.1, -0.05) is 45.2 Å². The summed E-state index contributed by atoms with van der Waals surface area (Å²) < 4.78 is 6.60. The molecular formula is C18H19BrClNO2. The van der Waals surface area contributed by atoms with Gasteiger partial charge in [-0.25, -0.2) is 0 Å². The van der Waals surface area contributed by atoms with E-state index in [1.165, 1.54) is 5.56 Å². The van der Waals surface area contributed by atoms with Crippen LogP contribution in [0, 0.1) is 13.8 Å². The minimum atomic E-state index is -0.0709. The van der Waals surface area contributed by atoms with Crippen molar-refractivity contribution in [2.45, 2.75) is 26.7 Å². The van der Waals surface area contributed by atoms with Gasteiger partial charge in [0.15, 0.2) is 0 Å². The monoisotopic (exact) mass is 395 g/mol. The first-order valence-electron chi connectivity index (χ1n) is 7.40. The van der Waals surface area contributed by atoms with E-state index in [1.54, 1.807) is 12.1 Å². The van der Waals surface area contributed by atoms with E-state index in [1.807, 2.05) is 32.0 Å². The number of carbonyl (C=O) groups excluding carboxylic acids is 1. The van der Waals surface area contributed by atoms with Crippen molar-refractivity contribution in [3.05, 3.63) is 57.0 Å². The Balaban J connectivity index is 1.76. The van der Waals surface area contributed by atoms with Crippen LogP contribution in [0.2, 0.25) is 5.02 Å². The average molecular weight is 397 g/mol. The van der Waals surface area contributed by atoms with E-state index in [9.17, 15) is 4.79 Å². The van der Waals surface area contributed by atoms with Crippen molar-refractivity contribution in [2.75, 3.05) is 11.9 Å². The second-order valence-corrected chi connectivity index (χ2v) is 6.72. The second kappa shape index (κ2) is 8.37. The van der Waals surface area contributed by atoms with Gasteiger partial charge in [0.2, 0.25) is 5.91 Å². The standard InChI is InChI=1S/C18H19BrClNO2/c1-12-5-8-17(13(2)10-12)23-9-3-4-18(22)21-16-7-6-14(19)11-15(16)20/h5-8,10-11H,3-4,9H2,1-2H3,(H,21,22). The fourth-order valence-electron chi connectivity index (χ4n) is 2.18. The molecule has 0 bridgehead atoms. The van der Waals surface area contributed by atoms with Gasteiger partial charge in [0.25, 0.3) is 0 Å². The lowest BCUT2D eigenvalue weighted by Gasteiger charge is -2.10. The number of carbonyl (C=O) groups is 1. The zero-order chi connectivity index (χ0) is 16.8. The molecule has 0 spiro atoms. The van der Waals surface area contributed by atoms with E-state index in [0.717, 1.165) is 15.8 Å². The fraction of sp³-hybridized carbons (Fsp3) is 0.278. The summed E-state index contributed by atoms with van der Waals surface area (Å²) >= 11 is 9.41. The van der Waals surface area contributed by atoms with Crippen LogP contribution in [0.15, 0.2) is 40.9 Å². The van der Waals surface area contributed by atoms with Crippen LogP contribution in [-0.2, 0) is 4.79 Å². The maximum Gasteiger partial charge on any atom is 0.224 e. The molecule has 0 aromatic heterocycles. The topological polar surface area (TPSA) is 38.3 Å².